The molecular weight excluding hydrogens is 356 g/mol. The maximum atomic E-state index is 6.17. The van der Waals surface area contributed by atoms with E-state index in [0.29, 0.717) is 0 Å². The van der Waals surface area contributed by atoms with Crippen LogP contribution in [0.2, 0.25) is 0 Å². The van der Waals surface area contributed by atoms with Gasteiger partial charge in [-0.15, -0.1) is 0 Å². The Labute approximate surface area is 145 Å². The number of hydrogen-bond donors (Lipinski definition) is 0. The van der Waals surface area contributed by atoms with Crippen LogP contribution in [0.15, 0.2) is 46.9 Å². The molecule has 0 unspecified atom stereocenters. The zero-order valence-corrected chi connectivity index (χ0v) is 15.2. The molecule has 0 bridgehead atoms. The molecule has 0 spiro atoms. The second-order valence-electron chi connectivity index (χ2n) is 5.90. The fourth-order valence-corrected chi connectivity index (χ4v) is 3.24. The predicted molar refractivity (Wildman–Crippen MR) is 95.6 cm³/mol. The minimum Gasteiger partial charge on any atom is -0.497 e. The second-order valence-corrected chi connectivity index (χ2v) is 6.69. The lowest BCUT2D eigenvalue weighted by molar-refractivity contribution is 0.154. The predicted octanol–water partition coefficient (Wildman–Crippen LogP) is 5.03. The van der Waals surface area contributed by atoms with Crippen LogP contribution in [-0.4, -0.2) is 19.8 Å². The zero-order valence-electron chi connectivity index (χ0n) is 13.6. The van der Waals surface area contributed by atoms with E-state index in [1.165, 1.54) is 0 Å². The molecule has 2 aromatic carbocycles. The van der Waals surface area contributed by atoms with Gasteiger partial charge in [-0.2, -0.15) is 0 Å². The Morgan fingerprint density at radius 2 is 1.65 bits per heavy atom. The van der Waals surface area contributed by atoms with E-state index < -0.39 is 5.60 Å². The van der Waals surface area contributed by atoms with Crippen molar-refractivity contribution in [2.75, 3.05) is 14.2 Å². The van der Waals surface area contributed by atoms with Crippen molar-refractivity contribution in [2.45, 2.75) is 19.4 Å². The molecule has 0 aliphatic carbocycles. The van der Waals surface area contributed by atoms with Gasteiger partial charge in [-0.1, -0.05) is 28.1 Å². The molecule has 0 saturated heterocycles. The third kappa shape index (κ3) is 2.83. The summed E-state index contributed by atoms with van der Waals surface area (Å²) in [7, 11) is 3.33. The summed E-state index contributed by atoms with van der Waals surface area (Å²) in [6.45, 7) is 4.08. The number of fused-ring (bicyclic) bond motifs is 1. The molecule has 3 rings (SSSR count). The van der Waals surface area contributed by atoms with Crippen LogP contribution in [0.4, 0.5) is 0 Å². The summed E-state index contributed by atoms with van der Waals surface area (Å²) in [5.41, 5.74) is 2.76. The van der Waals surface area contributed by atoms with Gasteiger partial charge in [0.1, 0.15) is 22.8 Å². The number of methoxy groups -OCH3 is 2. The summed E-state index contributed by atoms with van der Waals surface area (Å²) < 4.78 is 17.9. The average Bonchev–Trinajstić information content (AvgIpc) is 2.55. The van der Waals surface area contributed by atoms with E-state index in [1.54, 1.807) is 14.2 Å². The van der Waals surface area contributed by atoms with Gasteiger partial charge in [0.2, 0.25) is 0 Å². The first-order chi connectivity index (χ1) is 11.0. The molecule has 0 aromatic heterocycles. The van der Waals surface area contributed by atoms with Gasteiger partial charge in [0.05, 0.1) is 14.2 Å². The molecular formula is C19H19BrO3. The highest BCUT2D eigenvalue weighted by atomic mass is 79.9. The number of ether oxygens (including phenoxy) is 3. The summed E-state index contributed by atoms with van der Waals surface area (Å²) in [6, 6.07) is 13.9. The quantitative estimate of drug-likeness (QED) is 0.753. The molecule has 1 aliphatic rings. The lowest BCUT2D eigenvalue weighted by Crippen LogP contribution is -2.32. The molecule has 1 heterocycles. The first-order valence-corrected chi connectivity index (χ1v) is 8.17. The van der Waals surface area contributed by atoms with Crippen LogP contribution in [0.3, 0.4) is 0 Å². The van der Waals surface area contributed by atoms with Crippen LogP contribution in [0, 0.1) is 0 Å². The second kappa shape index (κ2) is 5.93. The first kappa shape index (κ1) is 15.9. The zero-order chi connectivity index (χ0) is 16.6. The van der Waals surface area contributed by atoms with E-state index in [2.05, 4.69) is 22.0 Å². The van der Waals surface area contributed by atoms with E-state index in [0.717, 1.165) is 38.4 Å². The van der Waals surface area contributed by atoms with Gasteiger partial charge in [-0.3, -0.25) is 0 Å². The highest BCUT2D eigenvalue weighted by Gasteiger charge is 2.34. The normalized spacial score (nSPS) is 15.7. The molecule has 0 N–H and O–H groups in total. The van der Waals surface area contributed by atoms with E-state index in [1.807, 2.05) is 50.2 Å². The fourth-order valence-electron chi connectivity index (χ4n) is 2.72. The molecule has 4 heteroatoms. The number of rotatable bonds is 3. The summed E-state index contributed by atoms with van der Waals surface area (Å²) in [6.07, 6.45) is 0. The molecule has 0 fully saturated rings. The van der Waals surface area contributed by atoms with Crippen LogP contribution in [0.1, 0.15) is 25.0 Å². The van der Waals surface area contributed by atoms with Crippen LogP contribution in [0.25, 0.3) is 5.57 Å². The molecule has 0 saturated carbocycles. The average molecular weight is 375 g/mol. The smallest absolute Gasteiger partial charge is 0.135 e. The van der Waals surface area contributed by atoms with E-state index in [4.69, 9.17) is 14.2 Å². The number of halogens is 1. The standard InChI is InChI=1S/C19H19BrO3/c1-19(2)18(20)17(12-6-5-7-13(10-12)21-3)15-9-8-14(22-4)11-16(15)23-19/h5-11H,1-4H3. The minimum atomic E-state index is -0.461. The van der Waals surface area contributed by atoms with Gasteiger partial charge in [0.15, 0.2) is 0 Å². The van der Waals surface area contributed by atoms with Crippen LogP contribution in [-0.2, 0) is 0 Å². The Balaban J connectivity index is 2.23. The summed E-state index contributed by atoms with van der Waals surface area (Å²) in [5, 5.41) is 0. The van der Waals surface area contributed by atoms with Crippen molar-refractivity contribution in [3.63, 3.8) is 0 Å². The Morgan fingerprint density at radius 1 is 0.957 bits per heavy atom. The van der Waals surface area contributed by atoms with Gasteiger partial charge < -0.3 is 14.2 Å². The highest BCUT2D eigenvalue weighted by molar-refractivity contribution is 9.12. The number of hydrogen-bond acceptors (Lipinski definition) is 3. The van der Waals surface area contributed by atoms with Crippen molar-refractivity contribution in [3.8, 4) is 17.2 Å². The van der Waals surface area contributed by atoms with Crippen molar-refractivity contribution in [1.82, 2.24) is 0 Å². The third-order valence-corrected chi connectivity index (χ3v) is 5.28. The first-order valence-electron chi connectivity index (χ1n) is 7.38. The fraction of sp³-hybridized carbons (Fsp3) is 0.263. The van der Waals surface area contributed by atoms with Gasteiger partial charge in [0, 0.05) is 21.7 Å². The van der Waals surface area contributed by atoms with Crippen LogP contribution in [0.5, 0.6) is 17.2 Å². The van der Waals surface area contributed by atoms with Crippen molar-refractivity contribution in [2.24, 2.45) is 0 Å². The molecule has 23 heavy (non-hydrogen) atoms. The van der Waals surface area contributed by atoms with Crippen molar-refractivity contribution < 1.29 is 14.2 Å². The summed E-state index contributed by atoms with van der Waals surface area (Å²) in [4.78, 5) is 0. The third-order valence-electron chi connectivity index (χ3n) is 3.93. The monoisotopic (exact) mass is 374 g/mol. The highest BCUT2D eigenvalue weighted by Crippen LogP contribution is 2.47. The lowest BCUT2D eigenvalue weighted by atomic mass is 9.89. The van der Waals surface area contributed by atoms with E-state index >= 15 is 0 Å². The number of benzene rings is 2. The Morgan fingerprint density at radius 3 is 2.35 bits per heavy atom. The van der Waals surface area contributed by atoms with Gasteiger partial charge in [0.25, 0.3) is 0 Å². The molecule has 0 atom stereocenters. The van der Waals surface area contributed by atoms with Gasteiger partial charge in [-0.05, 0) is 43.7 Å². The summed E-state index contributed by atoms with van der Waals surface area (Å²) in [5.74, 6) is 2.42. The van der Waals surface area contributed by atoms with Crippen LogP contribution < -0.4 is 14.2 Å². The molecule has 1 aliphatic heterocycles. The van der Waals surface area contributed by atoms with Crippen LogP contribution >= 0.6 is 15.9 Å². The maximum Gasteiger partial charge on any atom is 0.135 e. The van der Waals surface area contributed by atoms with E-state index in [9.17, 15) is 0 Å². The molecule has 120 valence electrons. The summed E-state index contributed by atoms with van der Waals surface area (Å²) >= 11 is 3.75. The van der Waals surface area contributed by atoms with Gasteiger partial charge in [-0.25, -0.2) is 0 Å². The van der Waals surface area contributed by atoms with Crippen molar-refractivity contribution in [1.29, 1.82) is 0 Å². The molecule has 3 nitrogen and oxygen atoms in total. The molecule has 0 amide bonds. The largest absolute Gasteiger partial charge is 0.497 e. The van der Waals surface area contributed by atoms with E-state index in [-0.39, 0.29) is 0 Å². The molecule has 0 radical (unpaired) electrons. The SMILES string of the molecule is COc1cccc(C2=C(Br)C(C)(C)Oc3cc(OC)ccc32)c1. The Kier molecular flexibility index (Phi) is 4.11. The Bertz CT molecular complexity index is 778. The Hall–Kier alpha value is -1.94. The topological polar surface area (TPSA) is 27.7 Å². The molecule has 2 aromatic rings. The maximum absolute atomic E-state index is 6.17. The minimum absolute atomic E-state index is 0.461. The van der Waals surface area contributed by atoms with Gasteiger partial charge >= 0.3 is 0 Å². The lowest BCUT2D eigenvalue weighted by Gasteiger charge is -2.35. The van der Waals surface area contributed by atoms with Crippen molar-refractivity contribution in [3.05, 3.63) is 58.1 Å². The van der Waals surface area contributed by atoms with Crippen molar-refractivity contribution >= 4 is 21.5 Å².